The van der Waals surface area contributed by atoms with Crippen LogP contribution in [-0.4, -0.2) is 22.6 Å². The SMILES string of the molecule is COc1ccc2c(c1)CCC[C@@H]2NC(=O)c1cncn1C. The largest absolute Gasteiger partial charge is 0.497 e. The Morgan fingerprint density at radius 3 is 3.05 bits per heavy atom. The van der Waals surface area contributed by atoms with Gasteiger partial charge in [0.05, 0.1) is 25.7 Å². The van der Waals surface area contributed by atoms with Crippen LogP contribution in [0.4, 0.5) is 0 Å². The highest BCUT2D eigenvalue weighted by Crippen LogP contribution is 2.32. The number of hydrogen-bond acceptors (Lipinski definition) is 3. The van der Waals surface area contributed by atoms with Crippen LogP contribution < -0.4 is 10.1 Å². The Balaban J connectivity index is 1.82. The topological polar surface area (TPSA) is 56.1 Å². The summed E-state index contributed by atoms with van der Waals surface area (Å²) in [4.78, 5) is 16.3. The van der Waals surface area contributed by atoms with Crippen LogP contribution in [0.2, 0.25) is 0 Å². The molecule has 1 N–H and O–H groups in total. The average Bonchev–Trinajstić information content (AvgIpc) is 2.93. The number of nitrogens with zero attached hydrogens (tertiary/aromatic N) is 2. The van der Waals surface area contributed by atoms with Crippen LogP contribution in [0.15, 0.2) is 30.7 Å². The number of nitrogens with one attached hydrogen (secondary N) is 1. The van der Waals surface area contributed by atoms with Gasteiger partial charge in [-0.15, -0.1) is 0 Å². The summed E-state index contributed by atoms with van der Waals surface area (Å²) in [5.74, 6) is 0.788. The summed E-state index contributed by atoms with van der Waals surface area (Å²) in [6.45, 7) is 0. The lowest BCUT2D eigenvalue weighted by Crippen LogP contribution is -2.32. The number of ether oxygens (including phenoxy) is 1. The molecule has 1 aliphatic carbocycles. The Kier molecular flexibility index (Phi) is 3.64. The molecule has 0 saturated carbocycles. The van der Waals surface area contributed by atoms with Crippen LogP contribution in [0.3, 0.4) is 0 Å². The number of aryl methyl sites for hydroxylation is 2. The number of hydrogen-bond donors (Lipinski definition) is 1. The summed E-state index contributed by atoms with van der Waals surface area (Å²) in [6, 6.07) is 6.13. The van der Waals surface area contributed by atoms with Crippen LogP contribution in [0.5, 0.6) is 5.75 Å². The number of imidazole rings is 1. The molecule has 0 radical (unpaired) electrons. The van der Waals surface area contributed by atoms with Crippen molar-refractivity contribution in [2.45, 2.75) is 25.3 Å². The maximum absolute atomic E-state index is 12.3. The Morgan fingerprint density at radius 2 is 2.33 bits per heavy atom. The first-order valence-electron chi connectivity index (χ1n) is 7.13. The molecule has 0 spiro atoms. The van der Waals surface area contributed by atoms with E-state index < -0.39 is 0 Å². The van der Waals surface area contributed by atoms with Gasteiger partial charge in [-0.2, -0.15) is 0 Å². The standard InChI is InChI=1S/C16H19N3O2/c1-19-10-17-9-15(19)16(20)18-14-5-3-4-11-8-12(21-2)6-7-13(11)14/h6-10,14H,3-5H2,1-2H3,(H,18,20)/t14-/m0/s1. The van der Waals surface area contributed by atoms with Gasteiger partial charge in [-0.05, 0) is 42.5 Å². The molecule has 1 aromatic heterocycles. The normalized spacial score (nSPS) is 17.1. The molecule has 1 aromatic carbocycles. The molecule has 1 amide bonds. The Labute approximate surface area is 124 Å². The second kappa shape index (κ2) is 5.60. The number of carbonyl (C=O) groups excluding carboxylic acids is 1. The lowest BCUT2D eigenvalue weighted by molar-refractivity contribution is 0.0924. The molecule has 1 heterocycles. The highest BCUT2D eigenvalue weighted by Gasteiger charge is 2.23. The van der Waals surface area contributed by atoms with E-state index in [9.17, 15) is 4.79 Å². The van der Waals surface area contributed by atoms with Crippen molar-refractivity contribution >= 4 is 5.91 Å². The molecular formula is C16H19N3O2. The van der Waals surface area contributed by atoms with Gasteiger partial charge < -0.3 is 14.6 Å². The number of amides is 1. The quantitative estimate of drug-likeness (QED) is 0.941. The van der Waals surface area contributed by atoms with E-state index in [-0.39, 0.29) is 11.9 Å². The molecule has 1 atom stereocenters. The van der Waals surface area contributed by atoms with E-state index in [0.717, 1.165) is 25.0 Å². The smallest absolute Gasteiger partial charge is 0.270 e. The zero-order valence-corrected chi connectivity index (χ0v) is 12.3. The van der Waals surface area contributed by atoms with Crippen molar-refractivity contribution in [1.82, 2.24) is 14.9 Å². The second-order valence-corrected chi connectivity index (χ2v) is 5.37. The van der Waals surface area contributed by atoms with Gasteiger partial charge >= 0.3 is 0 Å². The molecule has 5 heteroatoms. The molecule has 110 valence electrons. The summed E-state index contributed by atoms with van der Waals surface area (Å²) < 4.78 is 7.00. The Morgan fingerprint density at radius 1 is 1.48 bits per heavy atom. The predicted octanol–water partition coefficient (Wildman–Crippen LogP) is 2.24. The predicted molar refractivity (Wildman–Crippen MR) is 79.3 cm³/mol. The number of fused-ring (bicyclic) bond motifs is 1. The van der Waals surface area contributed by atoms with Gasteiger partial charge in [0.2, 0.25) is 0 Å². The first-order valence-corrected chi connectivity index (χ1v) is 7.13. The molecule has 0 fully saturated rings. The van der Waals surface area contributed by atoms with Gasteiger partial charge in [-0.1, -0.05) is 6.07 Å². The van der Waals surface area contributed by atoms with Gasteiger partial charge in [-0.3, -0.25) is 4.79 Å². The summed E-state index contributed by atoms with van der Waals surface area (Å²) >= 11 is 0. The average molecular weight is 285 g/mol. The molecule has 1 aliphatic rings. The first-order chi connectivity index (χ1) is 10.2. The monoisotopic (exact) mass is 285 g/mol. The zero-order chi connectivity index (χ0) is 14.8. The fourth-order valence-corrected chi connectivity index (χ4v) is 2.88. The van der Waals surface area contributed by atoms with Crippen LogP contribution in [0.1, 0.15) is 40.5 Å². The summed E-state index contributed by atoms with van der Waals surface area (Å²) in [5.41, 5.74) is 3.03. The summed E-state index contributed by atoms with van der Waals surface area (Å²) in [5, 5.41) is 3.12. The molecule has 0 bridgehead atoms. The van der Waals surface area contributed by atoms with Crippen molar-refractivity contribution in [3.8, 4) is 5.75 Å². The molecule has 2 aromatic rings. The lowest BCUT2D eigenvalue weighted by atomic mass is 9.87. The Hall–Kier alpha value is -2.30. The van der Waals surface area contributed by atoms with Gasteiger partial charge in [0, 0.05) is 7.05 Å². The van der Waals surface area contributed by atoms with Crippen molar-refractivity contribution in [3.63, 3.8) is 0 Å². The van der Waals surface area contributed by atoms with Crippen LogP contribution in [0, 0.1) is 0 Å². The number of methoxy groups -OCH3 is 1. The molecule has 21 heavy (non-hydrogen) atoms. The molecule has 3 rings (SSSR count). The molecule has 0 saturated heterocycles. The highest BCUT2D eigenvalue weighted by molar-refractivity contribution is 5.92. The number of rotatable bonds is 3. The van der Waals surface area contributed by atoms with Crippen molar-refractivity contribution in [1.29, 1.82) is 0 Å². The molecule has 0 aliphatic heterocycles. The number of benzene rings is 1. The fraction of sp³-hybridized carbons (Fsp3) is 0.375. The third-order valence-electron chi connectivity index (χ3n) is 4.02. The van der Waals surface area contributed by atoms with E-state index in [2.05, 4.69) is 22.4 Å². The minimum absolute atomic E-state index is 0.0575. The maximum atomic E-state index is 12.3. The van der Waals surface area contributed by atoms with E-state index in [4.69, 9.17) is 4.74 Å². The minimum Gasteiger partial charge on any atom is -0.497 e. The Bertz CT molecular complexity index is 663. The van der Waals surface area contributed by atoms with Crippen molar-refractivity contribution in [2.24, 2.45) is 7.05 Å². The zero-order valence-electron chi connectivity index (χ0n) is 12.3. The molecule has 0 unspecified atom stereocenters. The molecular weight excluding hydrogens is 266 g/mol. The summed E-state index contributed by atoms with van der Waals surface area (Å²) in [7, 11) is 3.49. The van der Waals surface area contributed by atoms with Gasteiger partial charge in [0.1, 0.15) is 11.4 Å². The van der Waals surface area contributed by atoms with Crippen LogP contribution in [0.25, 0.3) is 0 Å². The van der Waals surface area contributed by atoms with Gasteiger partial charge in [0.25, 0.3) is 5.91 Å². The van der Waals surface area contributed by atoms with E-state index in [1.165, 1.54) is 11.1 Å². The fourth-order valence-electron chi connectivity index (χ4n) is 2.88. The van der Waals surface area contributed by atoms with E-state index in [1.807, 2.05) is 13.1 Å². The van der Waals surface area contributed by atoms with E-state index in [1.54, 1.807) is 24.2 Å². The van der Waals surface area contributed by atoms with Crippen molar-refractivity contribution in [3.05, 3.63) is 47.5 Å². The second-order valence-electron chi connectivity index (χ2n) is 5.37. The number of carbonyl (C=O) groups is 1. The van der Waals surface area contributed by atoms with Gasteiger partial charge in [-0.25, -0.2) is 4.98 Å². The van der Waals surface area contributed by atoms with Crippen LogP contribution in [-0.2, 0) is 13.5 Å². The third-order valence-corrected chi connectivity index (χ3v) is 4.02. The van der Waals surface area contributed by atoms with Crippen LogP contribution >= 0.6 is 0 Å². The number of aromatic nitrogens is 2. The third kappa shape index (κ3) is 2.63. The highest BCUT2D eigenvalue weighted by atomic mass is 16.5. The minimum atomic E-state index is -0.0799. The van der Waals surface area contributed by atoms with Gasteiger partial charge in [0.15, 0.2) is 0 Å². The first kappa shape index (κ1) is 13.7. The van der Waals surface area contributed by atoms with Crippen molar-refractivity contribution in [2.75, 3.05) is 7.11 Å². The summed E-state index contributed by atoms with van der Waals surface area (Å²) in [6.07, 6.45) is 6.28. The lowest BCUT2D eigenvalue weighted by Gasteiger charge is -2.26. The maximum Gasteiger partial charge on any atom is 0.270 e. The van der Waals surface area contributed by atoms with E-state index in [0.29, 0.717) is 5.69 Å². The van der Waals surface area contributed by atoms with E-state index >= 15 is 0 Å². The van der Waals surface area contributed by atoms with Crippen molar-refractivity contribution < 1.29 is 9.53 Å². The molecule has 5 nitrogen and oxygen atoms in total.